The third kappa shape index (κ3) is 2.38. The molecule has 1 aromatic rings. The number of nitrogens with two attached hydrogens (primary N) is 1. The Morgan fingerprint density at radius 1 is 1.27 bits per heavy atom. The van der Waals surface area contributed by atoms with Crippen molar-refractivity contribution in [3.63, 3.8) is 0 Å². The minimum Gasteiger partial charge on any atom is -0.348 e. The summed E-state index contributed by atoms with van der Waals surface area (Å²) in [6.45, 7) is 0. The van der Waals surface area contributed by atoms with Crippen LogP contribution in [0, 0.1) is 0 Å². The van der Waals surface area contributed by atoms with Crippen LogP contribution >= 0.6 is 15.9 Å². The zero-order valence-electron chi connectivity index (χ0n) is 8.24. The molecule has 15 heavy (non-hydrogen) atoms. The van der Waals surface area contributed by atoms with Crippen molar-refractivity contribution >= 4 is 21.8 Å². The first-order valence-corrected chi connectivity index (χ1v) is 5.77. The maximum atomic E-state index is 11.4. The predicted molar refractivity (Wildman–Crippen MR) is 62.2 cm³/mol. The van der Waals surface area contributed by atoms with Crippen LogP contribution in [-0.4, -0.2) is 11.9 Å². The van der Waals surface area contributed by atoms with Gasteiger partial charge < -0.3 is 11.1 Å². The maximum Gasteiger partial charge on any atom is 0.237 e. The molecule has 1 saturated heterocycles. The molecule has 3 nitrogen and oxygen atoms in total. The summed E-state index contributed by atoms with van der Waals surface area (Å²) in [6.07, 6.45) is 1.67. The fourth-order valence-corrected chi connectivity index (χ4v) is 2.04. The summed E-state index contributed by atoms with van der Waals surface area (Å²) in [6, 6.07) is 7.78. The fourth-order valence-electron chi connectivity index (χ4n) is 1.77. The lowest BCUT2D eigenvalue weighted by Gasteiger charge is -2.27. The molecule has 0 radical (unpaired) electrons. The molecule has 2 atom stereocenters. The Morgan fingerprint density at radius 3 is 2.53 bits per heavy atom. The molecule has 80 valence electrons. The summed E-state index contributed by atoms with van der Waals surface area (Å²) < 4.78 is 1.05. The van der Waals surface area contributed by atoms with Gasteiger partial charge in [0.15, 0.2) is 0 Å². The monoisotopic (exact) mass is 268 g/mol. The molecular weight excluding hydrogens is 256 g/mol. The van der Waals surface area contributed by atoms with E-state index >= 15 is 0 Å². The van der Waals surface area contributed by atoms with Gasteiger partial charge in [-0.25, -0.2) is 0 Å². The summed E-state index contributed by atoms with van der Waals surface area (Å²) in [5, 5.41) is 2.92. The number of piperidine rings is 1. The minimum atomic E-state index is -0.336. The third-order valence-corrected chi connectivity index (χ3v) is 3.22. The zero-order valence-corrected chi connectivity index (χ0v) is 9.83. The van der Waals surface area contributed by atoms with Crippen molar-refractivity contribution in [1.82, 2.24) is 5.32 Å². The third-order valence-electron chi connectivity index (χ3n) is 2.69. The van der Waals surface area contributed by atoms with Crippen molar-refractivity contribution in [3.8, 4) is 0 Å². The van der Waals surface area contributed by atoms with Gasteiger partial charge in [0.05, 0.1) is 12.1 Å². The summed E-state index contributed by atoms with van der Waals surface area (Å²) in [5.41, 5.74) is 6.76. The van der Waals surface area contributed by atoms with Crippen molar-refractivity contribution in [2.24, 2.45) is 5.73 Å². The fraction of sp³-hybridized carbons (Fsp3) is 0.364. The number of benzene rings is 1. The van der Waals surface area contributed by atoms with Gasteiger partial charge >= 0.3 is 0 Å². The van der Waals surface area contributed by atoms with Crippen LogP contribution in [0.25, 0.3) is 0 Å². The van der Waals surface area contributed by atoms with E-state index in [9.17, 15) is 4.79 Å². The molecule has 1 aliphatic rings. The number of hydrogen-bond donors (Lipinski definition) is 2. The number of carbonyl (C=O) groups is 1. The van der Waals surface area contributed by atoms with Gasteiger partial charge in [-0.2, -0.15) is 0 Å². The van der Waals surface area contributed by atoms with E-state index in [-0.39, 0.29) is 18.0 Å². The van der Waals surface area contributed by atoms with Crippen LogP contribution in [0.2, 0.25) is 0 Å². The van der Waals surface area contributed by atoms with Crippen LogP contribution < -0.4 is 11.1 Å². The molecule has 2 rings (SSSR count). The molecule has 0 spiro atoms. The Balaban J connectivity index is 2.12. The Kier molecular flexibility index (Phi) is 3.07. The predicted octanol–water partition coefficient (Wildman–Crippen LogP) is 1.73. The van der Waals surface area contributed by atoms with Crippen LogP contribution in [0.1, 0.15) is 24.4 Å². The van der Waals surface area contributed by atoms with Crippen LogP contribution in [0.3, 0.4) is 0 Å². The van der Waals surface area contributed by atoms with Crippen LogP contribution in [-0.2, 0) is 4.79 Å². The van der Waals surface area contributed by atoms with Gasteiger partial charge in [0.2, 0.25) is 5.91 Å². The highest BCUT2D eigenvalue weighted by Gasteiger charge is 2.25. The van der Waals surface area contributed by atoms with Crippen molar-refractivity contribution in [3.05, 3.63) is 34.3 Å². The molecule has 4 heteroatoms. The summed E-state index contributed by atoms with van der Waals surface area (Å²) in [7, 11) is 0. The highest BCUT2D eigenvalue weighted by atomic mass is 79.9. The summed E-state index contributed by atoms with van der Waals surface area (Å²) in [4.78, 5) is 11.4. The molecule has 1 amide bonds. The average molecular weight is 269 g/mol. The molecule has 0 bridgehead atoms. The van der Waals surface area contributed by atoms with Gasteiger partial charge in [-0.15, -0.1) is 0 Å². The number of halogens is 1. The highest BCUT2D eigenvalue weighted by molar-refractivity contribution is 9.10. The lowest BCUT2D eigenvalue weighted by molar-refractivity contribution is -0.124. The van der Waals surface area contributed by atoms with E-state index < -0.39 is 0 Å². The van der Waals surface area contributed by atoms with E-state index in [1.54, 1.807) is 0 Å². The van der Waals surface area contributed by atoms with Crippen LogP contribution in [0.15, 0.2) is 28.7 Å². The van der Waals surface area contributed by atoms with E-state index in [0.717, 1.165) is 22.9 Å². The zero-order chi connectivity index (χ0) is 10.8. The van der Waals surface area contributed by atoms with Crippen molar-refractivity contribution in [1.29, 1.82) is 0 Å². The summed E-state index contributed by atoms with van der Waals surface area (Å²) >= 11 is 3.38. The molecular formula is C11H13BrN2O. The number of carbonyl (C=O) groups excluding carboxylic acids is 1. The first kappa shape index (κ1) is 10.6. The largest absolute Gasteiger partial charge is 0.348 e. The van der Waals surface area contributed by atoms with Crippen LogP contribution in [0.5, 0.6) is 0 Å². The molecule has 0 aliphatic carbocycles. The molecule has 2 unspecified atom stereocenters. The standard InChI is InChI=1S/C11H13BrN2O/c12-8-3-1-7(2-4-8)10-6-5-9(13)11(15)14-10/h1-4,9-10H,5-6,13H2,(H,14,15). The van der Waals surface area contributed by atoms with Crippen molar-refractivity contribution < 1.29 is 4.79 Å². The Bertz CT molecular complexity index is 363. The van der Waals surface area contributed by atoms with Crippen molar-refractivity contribution in [2.45, 2.75) is 24.9 Å². The van der Waals surface area contributed by atoms with Gasteiger partial charge in [0.25, 0.3) is 0 Å². The quantitative estimate of drug-likeness (QED) is 0.815. The van der Waals surface area contributed by atoms with Crippen LogP contribution in [0.4, 0.5) is 0 Å². The lowest BCUT2D eigenvalue weighted by Crippen LogP contribution is -2.46. The topological polar surface area (TPSA) is 55.1 Å². The highest BCUT2D eigenvalue weighted by Crippen LogP contribution is 2.24. The van der Waals surface area contributed by atoms with E-state index in [4.69, 9.17) is 5.73 Å². The Labute approximate surface area is 97.2 Å². The van der Waals surface area contributed by atoms with Gasteiger partial charge in [0, 0.05) is 4.47 Å². The second-order valence-corrected chi connectivity index (χ2v) is 4.71. The average Bonchev–Trinajstić information content (AvgIpc) is 2.23. The Hall–Kier alpha value is -0.870. The summed E-state index contributed by atoms with van der Waals surface area (Å²) in [5.74, 6) is -0.0471. The molecule has 1 aromatic carbocycles. The van der Waals surface area contributed by atoms with Gasteiger partial charge in [-0.05, 0) is 30.5 Å². The molecule has 1 fully saturated rings. The van der Waals surface area contributed by atoms with E-state index in [1.807, 2.05) is 24.3 Å². The van der Waals surface area contributed by atoms with Crippen molar-refractivity contribution in [2.75, 3.05) is 0 Å². The second-order valence-electron chi connectivity index (χ2n) is 3.80. The second kappa shape index (κ2) is 4.33. The number of nitrogens with one attached hydrogen (secondary N) is 1. The Morgan fingerprint density at radius 2 is 1.93 bits per heavy atom. The first-order chi connectivity index (χ1) is 7.16. The lowest BCUT2D eigenvalue weighted by atomic mass is 9.95. The maximum absolute atomic E-state index is 11.4. The smallest absolute Gasteiger partial charge is 0.237 e. The minimum absolute atomic E-state index is 0.0471. The molecule has 3 N–H and O–H groups in total. The molecule has 1 aliphatic heterocycles. The van der Waals surface area contributed by atoms with E-state index in [0.29, 0.717) is 0 Å². The molecule has 0 aromatic heterocycles. The normalized spacial score (nSPS) is 26.1. The number of hydrogen-bond acceptors (Lipinski definition) is 2. The molecule has 0 saturated carbocycles. The van der Waals surface area contributed by atoms with E-state index in [1.165, 1.54) is 0 Å². The SMILES string of the molecule is NC1CCC(c2ccc(Br)cc2)NC1=O. The molecule has 1 heterocycles. The van der Waals surface area contributed by atoms with Gasteiger partial charge in [-0.1, -0.05) is 28.1 Å². The number of amides is 1. The van der Waals surface area contributed by atoms with Gasteiger partial charge in [-0.3, -0.25) is 4.79 Å². The van der Waals surface area contributed by atoms with Gasteiger partial charge in [0.1, 0.15) is 0 Å². The van der Waals surface area contributed by atoms with E-state index in [2.05, 4.69) is 21.2 Å². The number of rotatable bonds is 1. The first-order valence-electron chi connectivity index (χ1n) is 4.98.